The van der Waals surface area contributed by atoms with Gasteiger partial charge in [-0.3, -0.25) is 9.69 Å². The summed E-state index contributed by atoms with van der Waals surface area (Å²) in [5.41, 5.74) is 0.578. The van der Waals surface area contributed by atoms with Crippen LogP contribution in [0.1, 0.15) is 23.2 Å². The van der Waals surface area contributed by atoms with Gasteiger partial charge in [0, 0.05) is 12.0 Å². The quantitative estimate of drug-likeness (QED) is 0.772. The Kier molecular flexibility index (Phi) is 3.34. The molecule has 100 valence electrons. The summed E-state index contributed by atoms with van der Waals surface area (Å²) in [7, 11) is 0. The molecule has 3 aliphatic rings. The summed E-state index contributed by atoms with van der Waals surface area (Å²) in [6.07, 6.45) is 1.79. The van der Waals surface area contributed by atoms with Gasteiger partial charge in [0.05, 0.1) is 12.1 Å². The number of carbonyl (C=O) groups excluding carboxylic acids is 2. The van der Waals surface area contributed by atoms with E-state index in [1.54, 1.807) is 12.1 Å². The van der Waals surface area contributed by atoms with Crippen LogP contribution in [0.4, 0.5) is 0 Å². The third-order valence-corrected chi connectivity index (χ3v) is 4.07. The number of carbonyl (C=O) groups is 2. The Morgan fingerprint density at radius 3 is 2.74 bits per heavy atom. The molecule has 3 atom stereocenters. The lowest BCUT2D eigenvalue weighted by Gasteiger charge is -2.43. The SMILES string of the molecule is O=C(OC[C@H]1C[C@@H]2CCN1CC2=O)c1ccccc1. The Morgan fingerprint density at radius 1 is 1.32 bits per heavy atom. The summed E-state index contributed by atoms with van der Waals surface area (Å²) in [5, 5.41) is 0. The van der Waals surface area contributed by atoms with Gasteiger partial charge in [-0.25, -0.2) is 4.79 Å². The van der Waals surface area contributed by atoms with Crippen LogP contribution in [-0.4, -0.2) is 42.4 Å². The van der Waals surface area contributed by atoms with Crippen LogP contribution in [0.2, 0.25) is 0 Å². The Hall–Kier alpha value is -1.68. The number of rotatable bonds is 3. The Morgan fingerprint density at radius 2 is 2.11 bits per heavy atom. The molecule has 3 aliphatic heterocycles. The predicted octanol–water partition coefficient (Wildman–Crippen LogP) is 1.51. The van der Waals surface area contributed by atoms with Crippen molar-refractivity contribution >= 4 is 11.8 Å². The fraction of sp³-hybridized carbons (Fsp3) is 0.467. The van der Waals surface area contributed by atoms with Gasteiger partial charge in [0.25, 0.3) is 0 Å². The first-order valence-electron chi connectivity index (χ1n) is 6.73. The van der Waals surface area contributed by atoms with Crippen LogP contribution in [0, 0.1) is 5.92 Å². The first-order valence-corrected chi connectivity index (χ1v) is 6.73. The zero-order valence-corrected chi connectivity index (χ0v) is 10.7. The van der Waals surface area contributed by atoms with Crippen LogP contribution in [0.15, 0.2) is 30.3 Å². The van der Waals surface area contributed by atoms with E-state index < -0.39 is 0 Å². The van der Waals surface area contributed by atoms with Gasteiger partial charge < -0.3 is 4.74 Å². The van der Waals surface area contributed by atoms with E-state index >= 15 is 0 Å². The molecule has 0 radical (unpaired) electrons. The molecule has 4 nitrogen and oxygen atoms in total. The van der Waals surface area contributed by atoms with E-state index in [0.29, 0.717) is 24.5 Å². The number of hydrogen-bond donors (Lipinski definition) is 0. The van der Waals surface area contributed by atoms with E-state index in [0.717, 1.165) is 19.4 Å². The monoisotopic (exact) mass is 259 g/mol. The molecular formula is C15H17NO3. The molecule has 3 heterocycles. The van der Waals surface area contributed by atoms with E-state index in [2.05, 4.69) is 4.90 Å². The molecule has 0 N–H and O–H groups in total. The second-order valence-corrected chi connectivity index (χ2v) is 5.28. The molecule has 2 bridgehead atoms. The maximum absolute atomic E-state index is 11.9. The van der Waals surface area contributed by atoms with Crippen LogP contribution in [-0.2, 0) is 9.53 Å². The number of ether oxygens (including phenoxy) is 1. The number of Topliss-reactive ketones (excluding diaryl/α,β-unsaturated/α-hetero) is 1. The molecule has 0 saturated carbocycles. The second kappa shape index (κ2) is 5.13. The minimum absolute atomic E-state index is 0.186. The summed E-state index contributed by atoms with van der Waals surface area (Å²) in [6, 6.07) is 9.22. The molecule has 1 unspecified atom stereocenters. The van der Waals surface area contributed by atoms with Crippen molar-refractivity contribution < 1.29 is 14.3 Å². The van der Waals surface area contributed by atoms with Gasteiger partial charge in [0.15, 0.2) is 0 Å². The van der Waals surface area contributed by atoms with Crippen LogP contribution in [0.3, 0.4) is 0 Å². The summed E-state index contributed by atoms with van der Waals surface area (Å²) in [5.74, 6) is 0.247. The molecule has 0 aliphatic carbocycles. The second-order valence-electron chi connectivity index (χ2n) is 5.28. The van der Waals surface area contributed by atoms with E-state index in [1.165, 1.54) is 0 Å². The molecule has 4 rings (SSSR count). The average Bonchev–Trinajstić information content (AvgIpc) is 2.46. The van der Waals surface area contributed by atoms with E-state index in [-0.39, 0.29) is 17.9 Å². The fourth-order valence-corrected chi connectivity index (χ4v) is 2.93. The largest absolute Gasteiger partial charge is 0.460 e. The number of ketones is 1. The molecule has 0 aromatic heterocycles. The van der Waals surface area contributed by atoms with Crippen molar-refractivity contribution in [3.05, 3.63) is 35.9 Å². The maximum atomic E-state index is 11.9. The molecule has 4 heteroatoms. The molecular weight excluding hydrogens is 242 g/mol. The highest BCUT2D eigenvalue weighted by Crippen LogP contribution is 2.29. The summed E-state index contributed by atoms with van der Waals surface area (Å²) in [4.78, 5) is 25.6. The number of hydrogen-bond acceptors (Lipinski definition) is 4. The van der Waals surface area contributed by atoms with Crippen molar-refractivity contribution in [1.29, 1.82) is 0 Å². The molecule has 3 saturated heterocycles. The first kappa shape index (κ1) is 12.4. The normalized spacial score (nSPS) is 29.3. The predicted molar refractivity (Wildman–Crippen MR) is 69.8 cm³/mol. The lowest BCUT2D eigenvalue weighted by atomic mass is 9.82. The van der Waals surface area contributed by atoms with Gasteiger partial charge in [-0.15, -0.1) is 0 Å². The first-order chi connectivity index (χ1) is 9.24. The zero-order valence-electron chi connectivity index (χ0n) is 10.7. The van der Waals surface area contributed by atoms with E-state index in [9.17, 15) is 9.59 Å². The van der Waals surface area contributed by atoms with Crippen molar-refractivity contribution in [2.24, 2.45) is 5.92 Å². The fourth-order valence-electron chi connectivity index (χ4n) is 2.93. The van der Waals surface area contributed by atoms with Gasteiger partial charge in [0.1, 0.15) is 12.4 Å². The van der Waals surface area contributed by atoms with Crippen LogP contribution in [0.25, 0.3) is 0 Å². The smallest absolute Gasteiger partial charge is 0.338 e. The molecule has 3 fully saturated rings. The van der Waals surface area contributed by atoms with Crippen molar-refractivity contribution in [2.75, 3.05) is 19.7 Å². The Bertz CT molecular complexity index is 485. The van der Waals surface area contributed by atoms with Gasteiger partial charge >= 0.3 is 5.97 Å². The Balaban J connectivity index is 1.56. The minimum atomic E-state index is -0.283. The minimum Gasteiger partial charge on any atom is -0.460 e. The van der Waals surface area contributed by atoms with Crippen LogP contribution in [0.5, 0.6) is 0 Å². The van der Waals surface area contributed by atoms with Crippen LogP contribution >= 0.6 is 0 Å². The number of esters is 1. The summed E-state index contributed by atoms with van der Waals surface area (Å²) >= 11 is 0. The highest BCUT2D eigenvalue weighted by atomic mass is 16.5. The number of benzene rings is 1. The lowest BCUT2D eigenvalue weighted by molar-refractivity contribution is -0.134. The van der Waals surface area contributed by atoms with Gasteiger partial charge in [-0.05, 0) is 31.5 Å². The molecule has 0 amide bonds. The molecule has 0 spiro atoms. The van der Waals surface area contributed by atoms with Crippen molar-refractivity contribution in [3.63, 3.8) is 0 Å². The maximum Gasteiger partial charge on any atom is 0.338 e. The summed E-state index contributed by atoms with van der Waals surface area (Å²) in [6.45, 7) is 1.86. The van der Waals surface area contributed by atoms with Gasteiger partial charge in [0.2, 0.25) is 0 Å². The standard InChI is InChI=1S/C15H17NO3/c17-14-9-16-7-6-12(14)8-13(16)10-19-15(18)11-4-2-1-3-5-11/h1-5,12-13H,6-10H2/t12-,13+/m0/s1. The average molecular weight is 259 g/mol. The highest BCUT2D eigenvalue weighted by molar-refractivity contribution is 5.89. The van der Waals surface area contributed by atoms with E-state index in [1.807, 2.05) is 18.2 Å². The number of fused-ring (bicyclic) bond motifs is 3. The molecule has 19 heavy (non-hydrogen) atoms. The number of piperidine rings is 3. The zero-order chi connectivity index (χ0) is 13.2. The van der Waals surface area contributed by atoms with Gasteiger partial charge in [-0.1, -0.05) is 18.2 Å². The van der Waals surface area contributed by atoms with Crippen LogP contribution < -0.4 is 0 Å². The number of nitrogens with zero attached hydrogens (tertiary/aromatic N) is 1. The van der Waals surface area contributed by atoms with Crippen molar-refractivity contribution in [2.45, 2.75) is 18.9 Å². The van der Waals surface area contributed by atoms with E-state index in [4.69, 9.17) is 4.74 Å². The van der Waals surface area contributed by atoms with Crippen molar-refractivity contribution in [3.8, 4) is 0 Å². The van der Waals surface area contributed by atoms with Gasteiger partial charge in [-0.2, -0.15) is 0 Å². The molecule has 1 aromatic carbocycles. The van der Waals surface area contributed by atoms with Crippen molar-refractivity contribution in [1.82, 2.24) is 4.90 Å². The third-order valence-electron chi connectivity index (χ3n) is 4.07. The Labute approximate surface area is 112 Å². The lowest BCUT2D eigenvalue weighted by Crippen LogP contribution is -2.55. The summed E-state index contributed by atoms with van der Waals surface area (Å²) < 4.78 is 5.36. The third kappa shape index (κ3) is 2.54. The molecule has 1 aromatic rings. The topological polar surface area (TPSA) is 46.6 Å². The highest BCUT2D eigenvalue weighted by Gasteiger charge is 2.39.